The summed E-state index contributed by atoms with van der Waals surface area (Å²) >= 11 is 6.42. The molecule has 0 unspecified atom stereocenters. The summed E-state index contributed by atoms with van der Waals surface area (Å²) in [6, 6.07) is 6.93. The van der Waals surface area contributed by atoms with Gasteiger partial charge < -0.3 is 9.84 Å². The van der Waals surface area contributed by atoms with Crippen molar-refractivity contribution in [2.75, 3.05) is 6.54 Å². The number of amides is 1. The van der Waals surface area contributed by atoms with E-state index in [0.29, 0.717) is 21.5 Å². The number of hydrogen-bond acceptors (Lipinski definition) is 5. The van der Waals surface area contributed by atoms with Crippen molar-refractivity contribution in [3.05, 3.63) is 34.7 Å². The maximum absolute atomic E-state index is 12.1. The molecule has 22 heavy (non-hydrogen) atoms. The van der Waals surface area contributed by atoms with E-state index in [1.807, 2.05) is 13.0 Å². The molecular formula is C15H15NO4S2. The summed E-state index contributed by atoms with van der Waals surface area (Å²) in [6.45, 7) is 3.87. The van der Waals surface area contributed by atoms with Crippen LogP contribution >= 0.6 is 24.0 Å². The molecule has 1 aliphatic rings. The first-order chi connectivity index (χ1) is 10.4. The van der Waals surface area contributed by atoms with Gasteiger partial charge in [-0.3, -0.25) is 9.69 Å². The maximum Gasteiger partial charge on any atom is 0.344 e. The van der Waals surface area contributed by atoms with Gasteiger partial charge in [-0.15, -0.1) is 0 Å². The summed E-state index contributed by atoms with van der Waals surface area (Å²) in [5.41, 5.74) is 0.756. The van der Waals surface area contributed by atoms with E-state index in [1.54, 1.807) is 29.2 Å². The molecule has 0 aliphatic carbocycles. The van der Waals surface area contributed by atoms with Crippen molar-refractivity contribution in [2.45, 2.75) is 20.0 Å². The number of benzene rings is 1. The van der Waals surface area contributed by atoms with Crippen molar-refractivity contribution in [3.63, 3.8) is 0 Å². The van der Waals surface area contributed by atoms with Crippen LogP contribution in [-0.4, -0.2) is 38.9 Å². The molecule has 5 nitrogen and oxygen atoms in total. The number of rotatable bonds is 5. The van der Waals surface area contributed by atoms with Crippen LogP contribution in [0.25, 0.3) is 6.08 Å². The van der Waals surface area contributed by atoms with Crippen molar-refractivity contribution in [1.29, 1.82) is 0 Å². The average Bonchev–Trinajstić information content (AvgIpc) is 2.73. The Hall–Kier alpha value is -1.86. The number of hydrogen-bond donors (Lipinski definition) is 1. The zero-order valence-corrected chi connectivity index (χ0v) is 13.7. The van der Waals surface area contributed by atoms with Crippen molar-refractivity contribution in [3.8, 4) is 5.75 Å². The van der Waals surface area contributed by atoms with E-state index >= 15 is 0 Å². The predicted octanol–water partition coefficient (Wildman–Crippen LogP) is 2.76. The van der Waals surface area contributed by atoms with Crippen molar-refractivity contribution >= 4 is 46.3 Å². The highest BCUT2D eigenvalue weighted by molar-refractivity contribution is 8.26. The van der Waals surface area contributed by atoms with Crippen LogP contribution in [0.2, 0.25) is 0 Å². The van der Waals surface area contributed by atoms with E-state index in [4.69, 9.17) is 22.1 Å². The Balaban J connectivity index is 2.20. The van der Waals surface area contributed by atoms with Gasteiger partial charge in [0, 0.05) is 6.54 Å². The van der Waals surface area contributed by atoms with E-state index in [9.17, 15) is 9.59 Å². The van der Waals surface area contributed by atoms with Crippen LogP contribution in [0.15, 0.2) is 29.2 Å². The number of carbonyl (C=O) groups is 2. The van der Waals surface area contributed by atoms with Crippen LogP contribution in [0, 0.1) is 0 Å². The lowest BCUT2D eigenvalue weighted by molar-refractivity contribution is -0.144. The molecular weight excluding hydrogens is 322 g/mol. The first kappa shape index (κ1) is 16.5. The molecule has 1 heterocycles. The van der Waals surface area contributed by atoms with Crippen LogP contribution in [0.1, 0.15) is 19.4 Å². The van der Waals surface area contributed by atoms with E-state index in [-0.39, 0.29) is 5.91 Å². The molecule has 1 amide bonds. The number of carboxylic acid groups (broad SMARTS) is 1. The summed E-state index contributed by atoms with van der Waals surface area (Å²) in [6.07, 6.45) is 0.793. The monoisotopic (exact) mass is 337 g/mol. The van der Waals surface area contributed by atoms with Crippen molar-refractivity contribution < 1.29 is 19.4 Å². The lowest BCUT2D eigenvalue weighted by Crippen LogP contribution is -2.27. The minimum absolute atomic E-state index is 0.109. The van der Waals surface area contributed by atoms with Gasteiger partial charge in [-0.1, -0.05) is 36.1 Å². The second-order valence-electron chi connectivity index (χ2n) is 4.60. The number of likely N-dealkylation sites (N-methyl/N-ethyl adjacent to an activating group) is 1. The molecule has 1 saturated heterocycles. The quantitative estimate of drug-likeness (QED) is 0.658. The number of thioether (sulfide) groups is 1. The summed E-state index contributed by atoms with van der Waals surface area (Å²) < 4.78 is 5.86. The van der Waals surface area contributed by atoms with E-state index in [0.717, 1.165) is 5.56 Å². The first-order valence-electron chi connectivity index (χ1n) is 6.67. The Kier molecular flexibility index (Phi) is 5.20. The van der Waals surface area contributed by atoms with Crippen LogP contribution in [0.3, 0.4) is 0 Å². The fourth-order valence-electron chi connectivity index (χ4n) is 1.86. The molecule has 1 aromatic rings. The number of carboxylic acids is 1. The molecule has 0 saturated carbocycles. The van der Waals surface area contributed by atoms with Gasteiger partial charge in [-0.25, -0.2) is 4.79 Å². The largest absolute Gasteiger partial charge is 0.479 e. The Labute approximate surface area is 137 Å². The highest BCUT2D eigenvalue weighted by Crippen LogP contribution is 2.32. The number of thiocarbonyl (C=S) groups is 1. The maximum atomic E-state index is 12.1. The molecule has 0 spiro atoms. The van der Waals surface area contributed by atoms with Gasteiger partial charge in [0.1, 0.15) is 10.1 Å². The van der Waals surface area contributed by atoms with E-state index in [2.05, 4.69) is 0 Å². The SMILES string of the molecule is CCN1C(=O)/C(=C\c2cccc(O[C@@H](C)C(=O)O)c2)SC1=S. The Bertz CT molecular complexity index is 657. The minimum atomic E-state index is -1.03. The van der Waals surface area contributed by atoms with Crippen LogP contribution < -0.4 is 4.74 Å². The summed E-state index contributed by atoms with van der Waals surface area (Å²) in [5.74, 6) is -0.702. The molecule has 1 aromatic carbocycles. The van der Waals surface area contributed by atoms with E-state index in [1.165, 1.54) is 18.7 Å². The van der Waals surface area contributed by atoms with Gasteiger partial charge >= 0.3 is 5.97 Å². The molecule has 0 radical (unpaired) electrons. The summed E-state index contributed by atoms with van der Waals surface area (Å²) in [5, 5.41) is 8.86. The third kappa shape index (κ3) is 3.66. The van der Waals surface area contributed by atoms with E-state index < -0.39 is 12.1 Å². The Morgan fingerprint density at radius 2 is 2.27 bits per heavy atom. The number of ether oxygens (including phenoxy) is 1. The number of carbonyl (C=O) groups excluding carboxylic acids is 1. The summed E-state index contributed by atoms with van der Waals surface area (Å²) in [4.78, 5) is 25.0. The van der Waals surface area contributed by atoms with Gasteiger partial charge in [0.25, 0.3) is 5.91 Å². The lowest BCUT2D eigenvalue weighted by Gasteiger charge is -2.11. The third-order valence-electron chi connectivity index (χ3n) is 3.01. The van der Waals surface area contributed by atoms with Crippen LogP contribution in [0.4, 0.5) is 0 Å². The highest BCUT2D eigenvalue weighted by atomic mass is 32.2. The second-order valence-corrected chi connectivity index (χ2v) is 6.27. The molecule has 1 aliphatic heterocycles. The molecule has 0 aromatic heterocycles. The molecule has 1 N–H and O–H groups in total. The molecule has 116 valence electrons. The summed E-state index contributed by atoms with van der Waals surface area (Å²) in [7, 11) is 0. The van der Waals surface area contributed by atoms with Gasteiger partial charge in [0.05, 0.1) is 4.91 Å². The fourth-order valence-corrected chi connectivity index (χ4v) is 3.24. The second kappa shape index (κ2) is 6.93. The van der Waals surface area contributed by atoms with Gasteiger partial charge in [0.2, 0.25) is 0 Å². The molecule has 2 rings (SSSR count). The zero-order valence-electron chi connectivity index (χ0n) is 12.1. The van der Waals surface area contributed by atoms with Crippen LogP contribution in [0.5, 0.6) is 5.75 Å². The van der Waals surface area contributed by atoms with Crippen LogP contribution in [-0.2, 0) is 9.59 Å². The Morgan fingerprint density at radius 3 is 2.86 bits per heavy atom. The van der Waals surface area contributed by atoms with Crippen molar-refractivity contribution in [2.24, 2.45) is 0 Å². The average molecular weight is 337 g/mol. The highest BCUT2D eigenvalue weighted by Gasteiger charge is 2.30. The molecule has 7 heteroatoms. The molecule has 1 fully saturated rings. The smallest absolute Gasteiger partial charge is 0.344 e. The zero-order chi connectivity index (χ0) is 16.3. The minimum Gasteiger partial charge on any atom is -0.479 e. The van der Waals surface area contributed by atoms with Gasteiger partial charge in [-0.05, 0) is 37.6 Å². The van der Waals surface area contributed by atoms with Gasteiger partial charge in [0.15, 0.2) is 6.10 Å². The van der Waals surface area contributed by atoms with Gasteiger partial charge in [-0.2, -0.15) is 0 Å². The standard InChI is InChI=1S/C15H15NO4S2/c1-3-16-13(17)12(22-15(16)21)8-10-5-4-6-11(7-10)20-9(2)14(18)19/h4-9H,3H2,1-2H3,(H,18,19)/b12-8+/t9-/m0/s1. The molecule has 1 atom stereocenters. The normalized spacial score (nSPS) is 17.9. The topological polar surface area (TPSA) is 66.8 Å². The fraction of sp³-hybridized carbons (Fsp3) is 0.267. The first-order valence-corrected chi connectivity index (χ1v) is 7.89. The number of aliphatic carboxylic acids is 1. The van der Waals surface area contributed by atoms with Crippen molar-refractivity contribution in [1.82, 2.24) is 4.90 Å². The predicted molar refractivity (Wildman–Crippen MR) is 89.7 cm³/mol. The lowest BCUT2D eigenvalue weighted by atomic mass is 10.2. The number of nitrogens with zero attached hydrogens (tertiary/aromatic N) is 1. The third-order valence-corrected chi connectivity index (χ3v) is 4.38. The Morgan fingerprint density at radius 1 is 1.55 bits per heavy atom. The molecule has 0 bridgehead atoms.